The fourth-order valence-corrected chi connectivity index (χ4v) is 2.30. The molecule has 2 aromatic rings. The number of hydrogen-bond acceptors (Lipinski definition) is 3. The van der Waals surface area contributed by atoms with Gasteiger partial charge in [0.15, 0.2) is 0 Å². The summed E-state index contributed by atoms with van der Waals surface area (Å²) in [7, 11) is 1.57. The average Bonchev–Trinajstić information content (AvgIpc) is 2.88. The van der Waals surface area contributed by atoms with Gasteiger partial charge < -0.3 is 10.6 Å². The van der Waals surface area contributed by atoms with Crippen molar-refractivity contribution in [3.8, 4) is 0 Å². The lowest BCUT2D eigenvalue weighted by Crippen LogP contribution is -2.23. The summed E-state index contributed by atoms with van der Waals surface area (Å²) >= 11 is 3.33. The van der Waals surface area contributed by atoms with Crippen LogP contribution in [0.2, 0.25) is 0 Å². The summed E-state index contributed by atoms with van der Waals surface area (Å²) < 4.78 is 16.2. The van der Waals surface area contributed by atoms with E-state index in [0.29, 0.717) is 5.56 Å². The first-order chi connectivity index (χ1) is 9.99. The van der Waals surface area contributed by atoms with E-state index >= 15 is 0 Å². The molecule has 0 fully saturated rings. The highest BCUT2D eigenvalue weighted by atomic mass is 79.9. The highest BCUT2D eigenvalue weighted by Gasteiger charge is 2.12. The van der Waals surface area contributed by atoms with Gasteiger partial charge in [-0.1, -0.05) is 15.9 Å². The minimum absolute atomic E-state index is 0.129. The number of carbonyl (C=O) groups excluding carboxylic acids is 1. The van der Waals surface area contributed by atoms with Crippen LogP contribution in [-0.2, 0) is 11.3 Å². The van der Waals surface area contributed by atoms with E-state index in [-0.39, 0.29) is 24.3 Å². The van der Waals surface area contributed by atoms with Crippen LogP contribution in [-0.4, -0.2) is 22.7 Å². The van der Waals surface area contributed by atoms with Crippen LogP contribution in [0.5, 0.6) is 0 Å². The maximum absolute atomic E-state index is 13.8. The lowest BCUT2D eigenvalue weighted by Gasteiger charge is -2.15. The van der Waals surface area contributed by atoms with Crippen molar-refractivity contribution in [1.29, 1.82) is 0 Å². The number of rotatable bonds is 5. The Morgan fingerprint density at radius 3 is 3.00 bits per heavy atom. The summed E-state index contributed by atoms with van der Waals surface area (Å²) in [6.07, 6.45) is 3.32. The van der Waals surface area contributed by atoms with E-state index in [1.165, 1.54) is 10.7 Å². The number of amides is 1. The molecule has 0 saturated carbocycles. The molecule has 0 aliphatic rings. The molecule has 0 saturated heterocycles. The summed E-state index contributed by atoms with van der Waals surface area (Å²) in [4.78, 5) is 11.3. The van der Waals surface area contributed by atoms with E-state index in [1.54, 1.807) is 31.6 Å². The van der Waals surface area contributed by atoms with Crippen molar-refractivity contribution in [1.82, 2.24) is 15.1 Å². The summed E-state index contributed by atoms with van der Waals surface area (Å²) in [5.74, 6) is -0.397. The molecule has 21 heavy (non-hydrogen) atoms. The van der Waals surface area contributed by atoms with Crippen LogP contribution in [0.15, 0.2) is 35.1 Å². The van der Waals surface area contributed by atoms with E-state index in [1.807, 2.05) is 6.92 Å². The van der Waals surface area contributed by atoms with Gasteiger partial charge in [-0.15, -0.1) is 0 Å². The average molecular weight is 355 g/mol. The van der Waals surface area contributed by atoms with Crippen LogP contribution in [0, 0.1) is 5.82 Å². The third kappa shape index (κ3) is 4.04. The lowest BCUT2D eigenvalue weighted by atomic mass is 10.1. The van der Waals surface area contributed by atoms with E-state index in [0.717, 1.165) is 10.2 Å². The second kappa shape index (κ2) is 6.71. The Hall–Kier alpha value is -1.89. The van der Waals surface area contributed by atoms with Crippen LogP contribution in [0.1, 0.15) is 18.5 Å². The minimum Gasteiger partial charge on any atom is -0.376 e. The Labute approximate surface area is 130 Å². The van der Waals surface area contributed by atoms with Gasteiger partial charge in [0.1, 0.15) is 12.4 Å². The predicted molar refractivity (Wildman–Crippen MR) is 82.4 cm³/mol. The molecule has 0 spiro atoms. The molecule has 1 heterocycles. The highest BCUT2D eigenvalue weighted by molar-refractivity contribution is 9.10. The molecule has 0 radical (unpaired) electrons. The minimum atomic E-state index is -0.268. The van der Waals surface area contributed by atoms with Crippen molar-refractivity contribution in [2.24, 2.45) is 0 Å². The normalized spacial score (nSPS) is 12.0. The van der Waals surface area contributed by atoms with Crippen molar-refractivity contribution in [3.05, 3.63) is 46.4 Å². The second-order valence-electron chi connectivity index (χ2n) is 4.63. The van der Waals surface area contributed by atoms with E-state index < -0.39 is 0 Å². The van der Waals surface area contributed by atoms with E-state index in [4.69, 9.17) is 0 Å². The van der Waals surface area contributed by atoms with Crippen LogP contribution in [0.25, 0.3) is 0 Å². The molecule has 7 heteroatoms. The van der Waals surface area contributed by atoms with Gasteiger partial charge in [0.05, 0.1) is 17.9 Å². The number of likely N-dealkylation sites (N-methyl/N-ethyl adjacent to an activating group) is 1. The summed E-state index contributed by atoms with van der Waals surface area (Å²) in [5, 5.41) is 9.77. The molecule has 0 aliphatic carbocycles. The molecule has 112 valence electrons. The van der Waals surface area contributed by atoms with Gasteiger partial charge >= 0.3 is 0 Å². The van der Waals surface area contributed by atoms with E-state index in [9.17, 15) is 9.18 Å². The van der Waals surface area contributed by atoms with Gasteiger partial charge in [-0.3, -0.25) is 9.48 Å². The first kappa shape index (κ1) is 15.5. The van der Waals surface area contributed by atoms with Gasteiger partial charge in [-0.2, -0.15) is 5.10 Å². The second-order valence-corrected chi connectivity index (χ2v) is 5.55. The Kier molecular flexibility index (Phi) is 4.95. The van der Waals surface area contributed by atoms with Gasteiger partial charge in [0.2, 0.25) is 5.91 Å². The zero-order valence-corrected chi connectivity index (χ0v) is 13.3. The predicted octanol–water partition coefficient (Wildman–Crippen LogP) is 2.70. The molecule has 1 amide bonds. The molecule has 1 aromatic carbocycles. The Morgan fingerprint density at radius 1 is 1.52 bits per heavy atom. The topological polar surface area (TPSA) is 59.0 Å². The zero-order chi connectivity index (χ0) is 15.4. The molecule has 1 atom stereocenters. The SMILES string of the molecule is CNC(=O)Cn1cc(NC(C)c2cc(Br)ccc2F)cn1. The van der Waals surface area contributed by atoms with Crippen LogP contribution >= 0.6 is 15.9 Å². The fourth-order valence-electron chi connectivity index (χ4n) is 1.92. The molecule has 5 nitrogen and oxygen atoms in total. The largest absolute Gasteiger partial charge is 0.376 e. The molecule has 1 aromatic heterocycles. The smallest absolute Gasteiger partial charge is 0.241 e. The molecule has 0 bridgehead atoms. The number of anilines is 1. The molecular formula is C14H16BrFN4O. The summed E-state index contributed by atoms with van der Waals surface area (Å²) in [5.41, 5.74) is 1.29. The highest BCUT2D eigenvalue weighted by Crippen LogP contribution is 2.24. The fraction of sp³-hybridized carbons (Fsp3) is 0.286. The van der Waals surface area contributed by atoms with Gasteiger partial charge in [-0.25, -0.2) is 4.39 Å². The third-order valence-electron chi connectivity index (χ3n) is 3.03. The molecule has 2 N–H and O–H groups in total. The number of nitrogens with one attached hydrogen (secondary N) is 2. The Bertz CT molecular complexity index is 644. The summed E-state index contributed by atoms with van der Waals surface area (Å²) in [6, 6.07) is 4.60. The molecular weight excluding hydrogens is 339 g/mol. The molecule has 1 unspecified atom stereocenters. The van der Waals surface area contributed by atoms with Crippen LogP contribution < -0.4 is 10.6 Å². The first-order valence-electron chi connectivity index (χ1n) is 6.44. The Balaban J connectivity index is 2.07. The van der Waals surface area contributed by atoms with Crippen molar-refractivity contribution in [2.45, 2.75) is 19.5 Å². The van der Waals surface area contributed by atoms with Gasteiger partial charge in [-0.05, 0) is 25.1 Å². The van der Waals surface area contributed by atoms with Crippen molar-refractivity contribution < 1.29 is 9.18 Å². The number of benzene rings is 1. The van der Waals surface area contributed by atoms with Crippen LogP contribution in [0.3, 0.4) is 0 Å². The summed E-state index contributed by atoms with van der Waals surface area (Å²) in [6.45, 7) is 2.01. The number of aromatic nitrogens is 2. The first-order valence-corrected chi connectivity index (χ1v) is 7.23. The maximum Gasteiger partial charge on any atom is 0.241 e. The molecule has 2 rings (SSSR count). The Morgan fingerprint density at radius 2 is 2.29 bits per heavy atom. The van der Waals surface area contributed by atoms with Crippen molar-refractivity contribution in [2.75, 3.05) is 12.4 Å². The van der Waals surface area contributed by atoms with E-state index in [2.05, 4.69) is 31.7 Å². The zero-order valence-electron chi connectivity index (χ0n) is 11.7. The number of carbonyl (C=O) groups is 1. The third-order valence-corrected chi connectivity index (χ3v) is 3.52. The van der Waals surface area contributed by atoms with Gasteiger partial charge in [0.25, 0.3) is 0 Å². The van der Waals surface area contributed by atoms with Gasteiger partial charge in [0, 0.05) is 23.3 Å². The van der Waals surface area contributed by atoms with Crippen LogP contribution in [0.4, 0.5) is 10.1 Å². The van der Waals surface area contributed by atoms with Crippen molar-refractivity contribution in [3.63, 3.8) is 0 Å². The maximum atomic E-state index is 13.8. The lowest BCUT2D eigenvalue weighted by molar-refractivity contribution is -0.121. The number of nitrogens with zero attached hydrogens (tertiary/aromatic N) is 2. The molecule has 0 aliphatic heterocycles. The number of hydrogen-bond donors (Lipinski definition) is 2. The van der Waals surface area contributed by atoms with Crippen molar-refractivity contribution >= 4 is 27.5 Å². The quantitative estimate of drug-likeness (QED) is 0.867. The number of halogens is 2. The monoisotopic (exact) mass is 354 g/mol. The standard InChI is InChI=1S/C14H16BrFN4O/c1-9(12-5-10(15)3-4-13(12)16)19-11-6-18-20(7-11)8-14(21)17-2/h3-7,9,19H,8H2,1-2H3,(H,17,21).